The van der Waals surface area contributed by atoms with Crippen molar-refractivity contribution in [3.63, 3.8) is 0 Å². The molecule has 0 saturated carbocycles. The SMILES string of the molecule is C=C(C)O/N=C(/c1ccc2c(c1)c1cc([N+](=O)[O-])ccc1n2CC)c1ccc(OC(C)COC)cc1C. The predicted octanol–water partition coefficient (Wildman–Crippen LogP) is 6.75. The highest BCUT2D eigenvalue weighted by molar-refractivity contribution is 6.17. The van der Waals surface area contributed by atoms with E-state index in [4.69, 9.17) is 14.3 Å². The number of aryl methyl sites for hydroxylation is 2. The van der Waals surface area contributed by atoms with Gasteiger partial charge in [0, 0.05) is 58.7 Å². The summed E-state index contributed by atoms with van der Waals surface area (Å²) in [5.74, 6) is 1.20. The largest absolute Gasteiger partial charge is 0.488 e. The molecule has 1 heterocycles. The van der Waals surface area contributed by atoms with Gasteiger partial charge in [-0.3, -0.25) is 10.1 Å². The van der Waals surface area contributed by atoms with Gasteiger partial charge >= 0.3 is 0 Å². The normalized spacial score (nSPS) is 12.6. The Balaban J connectivity index is 1.86. The quantitative estimate of drug-likeness (QED) is 0.104. The molecule has 1 aromatic heterocycles. The third kappa shape index (κ3) is 5.34. The Morgan fingerprint density at radius 1 is 1.11 bits per heavy atom. The molecule has 0 aliphatic carbocycles. The van der Waals surface area contributed by atoms with Crippen LogP contribution < -0.4 is 4.74 Å². The number of rotatable bonds is 10. The number of ether oxygens (including phenoxy) is 2. The Kier molecular flexibility index (Phi) is 7.59. The number of oxime groups is 1. The number of nitro groups is 1. The second-order valence-corrected chi connectivity index (χ2v) is 9.03. The summed E-state index contributed by atoms with van der Waals surface area (Å²) in [7, 11) is 1.64. The number of benzene rings is 3. The van der Waals surface area contributed by atoms with Crippen molar-refractivity contribution in [3.05, 3.63) is 93.7 Å². The molecule has 0 fully saturated rings. The number of hydrogen-bond acceptors (Lipinski definition) is 6. The predicted molar refractivity (Wildman–Crippen MR) is 146 cm³/mol. The smallest absolute Gasteiger partial charge is 0.270 e. The first kappa shape index (κ1) is 25.9. The van der Waals surface area contributed by atoms with Crippen molar-refractivity contribution in [3.8, 4) is 5.75 Å². The number of allylic oxidation sites excluding steroid dienone is 1. The molecule has 0 aliphatic rings. The van der Waals surface area contributed by atoms with E-state index in [-0.39, 0.29) is 16.7 Å². The molecule has 0 saturated heterocycles. The van der Waals surface area contributed by atoms with E-state index in [1.807, 2.05) is 56.3 Å². The molecule has 4 aromatic rings. The number of fused-ring (bicyclic) bond motifs is 3. The summed E-state index contributed by atoms with van der Waals surface area (Å²) in [4.78, 5) is 16.6. The van der Waals surface area contributed by atoms with E-state index in [9.17, 15) is 10.1 Å². The molecule has 1 atom stereocenters. The zero-order chi connectivity index (χ0) is 26.7. The topological polar surface area (TPSA) is 88.1 Å². The first-order valence-electron chi connectivity index (χ1n) is 12.1. The lowest BCUT2D eigenvalue weighted by atomic mass is 9.96. The van der Waals surface area contributed by atoms with Gasteiger partial charge in [-0.2, -0.15) is 0 Å². The summed E-state index contributed by atoms with van der Waals surface area (Å²) in [5, 5.41) is 17.6. The van der Waals surface area contributed by atoms with Gasteiger partial charge in [-0.05, 0) is 69.7 Å². The highest BCUT2D eigenvalue weighted by Gasteiger charge is 2.18. The number of aromatic nitrogens is 1. The van der Waals surface area contributed by atoms with E-state index >= 15 is 0 Å². The molecule has 1 unspecified atom stereocenters. The Morgan fingerprint density at radius 3 is 2.43 bits per heavy atom. The average Bonchev–Trinajstić information content (AvgIpc) is 3.17. The highest BCUT2D eigenvalue weighted by Crippen LogP contribution is 2.33. The van der Waals surface area contributed by atoms with Crippen LogP contribution in [0.2, 0.25) is 0 Å². The van der Waals surface area contributed by atoms with Gasteiger partial charge < -0.3 is 18.9 Å². The fourth-order valence-electron chi connectivity index (χ4n) is 4.55. The fraction of sp³-hybridized carbons (Fsp3) is 0.276. The van der Waals surface area contributed by atoms with Crippen molar-refractivity contribution in [2.45, 2.75) is 40.3 Å². The van der Waals surface area contributed by atoms with Gasteiger partial charge in [-0.15, -0.1) is 0 Å². The summed E-state index contributed by atoms with van der Waals surface area (Å²) in [6.07, 6.45) is -0.0857. The van der Waals surface area contributed by atoms with Gasteiger partial charge in [0.2, 0.25) is 0 Å². The van der Waals surface area contributed by atoms with E-state index in [2.05, 4.69) is 23.2 Å². The number of nitro benzene ring substituents is 1. The number of nitrogens with zero attached hydrogens (tertiary/aromatic N) is 3. The number of non-ortho nitro benzene ring substituents is 1. The zero-order valence-electron chi connectivity index (χ0n) is 21.8. The molecule has 0 bridgehead atoms. The summed E-state index contributed by atoms with van der Waals surface area (Å²) >= 11 is 0. The standard InChI is InChI=1S/C29H31N3O5/c1-7-31-27-12-8-21(15-25(27)26-16-22(32(33)34)9-13-28(26)31)29(30-37-18(2)3)24-11-10-23(14-19(24)4)36-20(5)17-35-6/h8-16,20H,2,7,17H2,1,3-6H3/b30-29-. The fourth-order valence-corrected chi connectivity index (χ4v) is 4.55. The van der Waals surface area contributed by atoms with Crippen LogP contribution in [0.1, 0.15) is 37.5 Å². The lowest BCUT2D eigenvalue weighted by Crippen LogP contribution is -2.18. The van der Waals surface area contributed by atoms with Crippen molar-refractivity contribution in [1.29, 1.82) is 0 Å². The van der Waals surface area contributed by atoms with Gasteiger partial charge in [0.05, 0.1) is 11.5 Å². The first-order valence-corrected chi connectivity index (χ1v) is 12.1. The Labute approximate surface area is 215 Å². The molecule has 0 spiro atoms. The molecule has 8 heteroatoms. The van der Waals surface area contributed by atoms with Crippen LogP contribution in [-0.4, -0.2) is 35.0 Å². The van der Waals surface area contributed by atoms with Crippen LogP contribution in [0.4, 0.5) is 5.69 Å². The molecule has 0 radical (unpaired) electrons. The summed E-state index contributed by atoms with van der Waals surface area (Å²) in [6, 6.07) is 16.8. The van der Waals surface area contributed by atoms with Crippen LogP contribution in [-0.2, 0) is 16.1 Å². The van der Waals surface area contributed by atoms with Crippen molar-refractivity contribution in [1.82, 2.24) is 4.57 Å². The molecule has 3 aromatic carbocycles. The van der Waals surface area contributed by atoms with Crippen LogP contribution in [0.5, 0.6) is 5.75 Å². The van der Waals surface area contributed by atoms with Gasteiger partial charge in [0.1, 0.15) is 23.3 Å². The number of methoxy groups -OCH3 is 1. The average molecular weight is 502 g/mol. The van der Waals surface area contributed by atoms with Crippen LogP contribution in [0.25, 0.3) is 21.8 Å². The third-order valence-electron chi connectivity index (χ3n) is 6.13. The number of hydrogen-bond donors (Lipinski definition) is 0. The van der Waals surface area contributed by atoms with Crippen molar-refractivity contribution >= 4 is 33.2 Å². The summed E-state index contributed by atoms with van der Waals surface area (Å²) < 4.78 is 13.3. The third-order valence-corrected chi connectivity index (χ3v) is 6.13. The molecule has 0 amide bonds. The maximum Gasteiger partial charge on any atom is 0.270 e. The van der Waals surface area contributed by atoms with Crippen molar-refractivity contribution in [2.75, 3.05) is 13.7 Å². The maximum absolute atomic E-state index is 11.5. The summed E-state index contributed by atoms with van der Waals surface area (Å²) in [6.45, 7) is 12.8. The minimum absolute atomic E-state index is 0.0571. The molecular weight excluding hydrogens is 470 g/mol. The van der Waals surface area contributed by atoms with Crippen LogP contribution in [0.3, 0.4) is 0 Å². The van der Waals surface area contributed by atoms with Gasteiger partial charge in [0.15, 0.2) is 0 Å². The molecule has 0 N–H and O–H groups in total. The minimum Gasteiger partial charge on any atom is -0.488 e. The minimum atomic E-state index is -0.369. The molecular formula is C29H31N3O5. The van der Waals surface area contributed by atoms with E-state index in [0.29, 0.717) is 18.1 Å². The van der Waals surface area contributed by atoms with E-state index < -0.39 is 0 Å². The Hall–Kier alpha value is -4.17. The maximum atomic E-state index is 11.5. The lowest BCUT2D eigenvalue weighted by molar-refractivity contribution is -0.384. The van der Waals surface area contributed by atoms with Gasteiger partial charge in [-0.1, -0.05) is 17.8 Å². The second-order valence-electron chi connectivity index (χ2n) is 9.03. The van der Waals surface area contributed by atoms with Crippen molar-refractivity contribution < 1.29 is 19.2 Å². The molecule has 37 heavy (non-hydrogen) atoms. The van der Waals surface area contributed by atoms with E-state index in [0.717, 1.165) is 50.8 Å². The summed E-state index contributed by atoms with van der Waals surface area (Å²) in [5.41, 5.74) is 5.27. The van der Waals surface area contributed by atoms with Gasteiger partial charge in [-0.25, -0.2) is 0 Å². The molecule has 192 valence electrons. The Bertz CT molecular complexity index is 1520. The van der Waals surface area contributed by atoms with Crippen LogP contribution >= 0.6 is 0 Å². The Morgan fingerprint density at radius 2 is 1.81 bits per heavy atom. The first-order chi connectivity index (χ1) is 17.7. The monoisotopic (exact) mass is 501 g/mol. The zero-order valence-corrected chi connectivity index (χ0v) is 21.8. The lowest BCUT2D eigenvalue weighted by Gasteiger charge is -2.16. The molecule has 0 aliphatic heterocycles. The van der Waals surface area contributed by atoms with Crippen molar-refractivity contribution in [2.24, 2.45) is 5.16 Å². The van der Waals surface area contributed by atoms with Crippen LogP contribution in [0.15, 0.2) is 72.1 Å². The van der Waals surface area contributed by atoms with Gasteiger partial charge in [0.25, 0.3) is 5.69 Å². The van der Waals surface area contributed by atoms with E-state index in [1.54, 1.807) is 26.2 Å². The molecule has 8 nitrogen and oxygen atoms in total. The van der Waals surface area contributed by atoms with E-state index in [1.165, 1.54) is 0 Å². The second kappa shape index (κ2) is 10.8. The molecule has 4 rings (SSSR count). The van der Waals surface area contributed by atoms with Crippen LogP contribution in [0, 0.1) is 17.0 Å². The highest BCUT2D eigenvalue weighted by atomic mass is 16.6.